The Morgan fingerprint density at radius 1 is 0.444 bits per heavy atom. The van der Waals surface area contributed by atoms with Crippen LogP contribution in [0.5, 0.6) is 0 Å². The fourth-order valence-corrected chi connectivity index (χ4v) is 17.9. The average Bonchev–Trinajstić information content (AvgIpc) is 4.01. The van der Waals surface area contributed by atoms with E-state index in [-0.39, 0.29) is 16.8 Å². The van der Waals surface area contributed by atoms with Gasteiger partial charge in [-0.05, 0) is 87.8 Å². The molecule has 2 aromatic heterocycles. The van der Waals surface area contributed by atoms with E-state index in [1.165, 1.54) is 127 Å². The summed E-state index contributed by atoms with van der Waals surface area (Å²) in [5, 5.41) is 10.2. The molecule has 5 heteroatoms. The van der Waals surface area contributed by atoms with Gasteiger partial charge in [0.15, 0.2) is 0 Å². The molecule has 0 amide bonds. The number of aromatic nitrogens is 2. The van der Waals surface area contributed by atoms with Gasteiger partial charge < -0.3 is 9.13 Å². The molecule has 2 nitrogen and oxygen atoms in total. The van der Waals surface area contributed by atoms with Crippen LogP contribution in [0.1, 0.15) is 63.8 Å². The monoisotopic (exact) mass is 958 g/mol. The summed E-state index contributed by atoms with van der Waals surface area (Å²) in [5.74, 6) is 0. The van der Waals surface area contributed by atoms with E-state index in [0.29, 0.717) is 0 Å². The van der Waals surface area contributed by atoms with E-state index in [1.807, 2.05) is 0 Å². The zero-order valence-electron chi connectivity index (χ0n) is 43.2. The van der Waals surface area contributed by atoms with Crippen molar-refractivity contribution >= 4 is 93.1 Å². The molecule has 9 aromatic carbocycles. The van der Waals surface area contributed by atoms with E-state index in [0.717, 1.165) is 0 Å². The maximum Gasteiger partial charge on any atom is 0.252 e. The SMILES string of the molecule is CC(C)(C)[Si](C)(C)c1cc2c3c(c1)c1cc([Si](C)(C)C(C)(C)C)cc4c1n3-c1c(ccc3c1B2c1cc2ccccc2c2c(-c5ccccc5)c(-c5ccccc5)n-3c12)C41c2ccccc2-c2ccccc21. The fourth-order valence-electron chi connectivity index (χ4n) is 14.1. The van der Waals surface area contributed by atoms with Crippen molar-refractivity contribution in [1.82, 2.24) is 9.13 Å². The van der Waals surface area contributed by atoms with E-state index in [4.69, 9.17) is 0 Å². The Morgan fingerprint density at radius 3 is 1.62 bits per heavy atom. The Kier molecular flexibility index (Phi) is 8.17. The Bertz CT molecular complexity index is 4190. The molecule has 4 aliphatic rings. The standard InChI is InChI=1S/C67H59BN2Si2/c1-65(2,3)71(7,8)43-36-48-49-37-44(72(9,10)66(4,5)6)39-55-62(49)70-61(48)53(38-43)67(50-31-21-19-29-46(50)47-30-20-22-32-51(47)67)52-33-34-56-59(63(52)70)68(55)54-35-42-27-17-18-28-45(42)58-57(40-23-13-11-14-24-40)60(69(56)64(54)58)41-25-15-12-16-26-41/h11-39H,1-10H3. The summed E-state index contributed by atoms with van der Waals surface area (Å²) in [5.41, 5.74) is 23.9. The van der Waals surface area contributed by atoms with Gasteiger partial charge in [-0.2, -0.15) is 0 Å². The van der Waals surface area contributed by atoms with Gasteiger partial charge in [-0.3, -0.25) is 0 Å². The molecular formula is C67H59BN2Si2. The average molecular weight is 959 g/mol. The molecule has 3 aliphatic heterocycles. The smallest absolute Gasteiger partial charge is 0.252 e. The molecule has 15 rings (SSSR count). The molecule has 1 aliphatic carbocycles. The lowest BCUT2D eigenvalue weighted by atomic mass is 9.33. The number of hydrogen-bond donors (Lipinski definition) is 0. The number of benzene rings is 9. The minimum Gasteiger partial charge on any atom is -0.310 e. The Labute approximate surface area is 426 Å². The van der Waals surface area contributed by atoms with Gasteiger partial charge >= 0.3 is 0 Å². The predicted molar refractivity (Wildman–Crippen MR) is 315 cm³/mol. The predicted octanol–water partition coefficient (Wildman–Crippen LogP) is 14.5. The second-order valence-corrected chi connectivity index (χ2v) is 35.5. The van der Waals surface area contributed by atoms with Crippen molar-refractivity contribution in [1.29, 1.82) is 0 Å². The largest absolute Gasteiger partial charge is 0.310 e. The summed E-state index contributed by atoms with van der Waals surface area (Å²) < 4.78 is 5.55. The zero-order valence-corrected chi connectivity index (χ0v) is 45.2. The Balaban J connectivity index is 1.23. The Hall–Kier alpha value is -6.92. The Morgan fingerprint density at radius 2 is 0.986 bits per heavy atom. The van der Waals surface area contributed by atoms with Gasteiger partial charge in [0.2, 0.25) is 0 Å². The molecule has 0 saturated carbocycles. The highest BCUT2D eigenvalue weighted by Crippen LogP contribution is 2.62. The lowest BCUT2D eigenvalue weighted by Gasteiger charge is -2.45. The first-order valence-electron chi connectivity index (χ1n) is 26.3. The van der Waals surface area contributed by atoms with Gasteiger partial charge in [0, 0.05) is 38.6 Å². The number of rotatable bonds is 4. The highest BCUT2D eigenvalue weighted by molar-refractivity contribution is 7.01. The van der Waals surface area contributed by atoms with Crippen LogP contribution in [0, 0.1) is 0 Å². The molecule has 0 saturated heterocycles. The van der Waals surface area contributed by atoms with Crippen LogP contribution in [0.4, 0.5) is 0 Å². The molecular weight excluding hydrogens is 900 g/mol. The molecule has 1 spiro atoms. The second-order valence-electron chi connectivity index (χ2n) is 24.8. The lowest BCUT2D eigenvalue weighted by Crippen LogP contribution is -2.62. The van der Waals surface area contributed by atoms with Crippen LogP contribution < -0.4 is 26.8 Å². The van der Waals surface area contributed by atoms with E-state index in [1.54, 1.807) is 10.4 Å². The van der Waals surface area contributed by atoms with Crippen LogP contribution in [0.25, 0.3) is 88.4 Å². The van der Waals surface area contributed by atoms with Crippen molar-refractivity contribution in [3.05, 3.63) is 198 Å². The molecule has 0 radical (unpaired) electrons. The minimum atomic E-state index is -2.11. The highest BCUT2D eigenvalue weighted by atomic mass is 28.3. The van der Waals surface area contributed by atoms with Gasteiger partial charge in [0.05, 0.1) is 38.3 Å². The van der Waals surface area contributed by atoms with Crippen molar-refractivity contribution in [2.75, 3.05) is 0 Å². The molecule has 348 valence electrons. The topological polar surface area (TPSA) is 9.86 Å². The first-order chi connectivity index (χ1) is 34.5. The molecule has 5 heterocycles. The summed E-state index contributed by atoms with van der Waals surface area (Å²) in [6.07, 6.45) is 0. The molecule has 72 heavy (non-hydrogen) atoms. The van der Waals surface area contributed by atoms with Gasteiger partial charge in [-0.1, -0.05) is 248 Å². The van der Waals surface area contributed by atoms with E-state index < -0.39 is 21.6 Å². The maximum atomic E-state index is 2.83. The first kappa shape index (κ1) is 42.7. The highest BCUT2D eigenvalue weighted by Gasteiger charge is 2.55. The fraction of sp³-hybridized carbons (Fsp3) is 0.194. The summed E-state index contributed by atoms with van der Waals surface area (Å²) in [4.78, 5) is 0. The van der Waals surface area contributed by atoms with E-state index in [9.17, 15) is 0 Å². The maximum absolute atomic E-state index is 2.83. The third-order valence-electron chi connectivity index (χ3n) is 19.6. The quantitative estimate of drug-likeness (QED) is 0.156. The zero-order chi connectivity index (χ0) is 49.2. The molecule has 0 unspecified atom stereocenters. The first-order valence-corrected chi connectivity index (χ1v) is 32.3. The van der Waals surface area contributed by atoms with Gasteiger partial charge in [0.1, 0.15) is 0 Å². The van der Waals surface area contributed by atoms with Crippen LogP contribution in [0.2, 0.25) is 36.3 Å². The lowest BCUT2D eigenvalue weighted by molar-refractivity contribution is 0.728. The van der Waals surface area contributed by atoms with Crippen LogP contribution in [-0.4, -0.2) is 32.0 Å². The summed E-state index contributed by atoms with van der Waals surface area (Å²) in [7, 11) is -4.22. The van der Waals surface area contributed by atoms with Crippen molar-refractivity contribution in [3.63, 3.8) is 0 Å². The normalized spacial score (nSPS) is 14.9. The van der Waals surface area contributed by atoms with Crippen LogP contribution in [0.3, 0.4) is 0 Å². The molecule has 0 atom stereocenters. The van der Waals surface area contributed by atoms with Crippen LogP contribution >= 0.6 is 0 Å². The number of hydrogen-bond acceptors (Lipinski definition) is 0. The molecule has 0 fully saturated rings. The van der Waals surface area contributed by atoms with Gasteiger partial charge in [-0.25, -0.2) is 0 Å². The third-order valence-corrected chi connectivity index (χ3v) is 30.6. The van der Waals surface area contributed by atoms with Gasteiger partial charge in [-0.15, -0.1) is 0 Å². The molecule has 0 bridgehead atoms. The summed E-state index contributed by atoms with van der Waals surface area (Å²) in [6.45, 7) is 25.5. The minimum absolute atomic E-state index is 0.00825. The van der Waals surface area contributed by atoms with E-state index in [2.05, 4.69) is 253 Å². The van der Waals surface area contributed by atoms with Crippen LogP contribution in [-0.2, 0) is 5.41 Å². The van der Waals surface area contributed by atoms with E-state index >= 15 is 0 Å². The molecule has 0 N–H and O–H groups in total. The van der Waals surface area contributed by atoms with Crippen molar-refractivity contribution in [2.24, 2.45) is 0 Å². The van der Waals surface area contributed by atoms with Crippen molar-refractivity contribution < 1.29 is 0 Å². The second kappa shape index (κ2) is 13.8. The van der Waals surface area contributed by atoms with Crippen molar-refractivity contribution in [3.8, 4) is 44.9 Å². The van der Waals surface area contributed by atoms with Gasteiger partial charge in [0.25, 0.3) is 6.71 Å². The van der Waals surface area contributed by atoms with Crippen molar-refractivity contribution in [2.45, 2.75) is 83.2 Å². The number of nitrogens with zero attached hydrogens (tertiary/aromatic N) is 2. The van der Waals surface area contributed by atoms with Crippen LogP contribution in [0.15, 0.2) is 176 Å². The molecule has 11 aromatic rings. The summed E-state index contributed by atoms with van der Waals surface area (Å²) in [6, 6.07) is 69.2. The summed E-state index contributed by atoms with van der Waals surface area (Å²) >= 11 is 0. The third kappa shape index (κ3) is 4.97. The number of fused-ring (bicyclic) bond motifs is 13.